The summed E-state index contributed by atoms with van der Waals surface area (Å²) in [6.07, 6.45) is 5.19. The lowest BCUT2D eigenvalue weighted by Crippen LogP contribution is -2.53. The normalized spacial score (nSPS) is 28.0. The van der Waals surface area contributed by atoms with Crippen molar-refractivity contribution >= 4 is 33.2 Å². The molecule has 1 aliphatic carbocycles. The van der Waals surface area contributed by atoms with E-state index in [4.69, 9.17) is 0 Å². The summed E-state index contributed by atoms with van der Waals surface area (Å²) in [5, 5.41) is 8.20. The molecule has 2 atom stereocenters. The van der Waals surface area contributed by atoms with Crippen LogP contribution in [-0.4, -0.2) is 16.8 Å². The van der Waals surface area contributed by atoms with Crippen LogP contribution in [-0.2, 0) is 11.2 Å². The Balaban J connectivity index is 1.95. The summed E-state index contributed by atoms with van der Waals surface area (Å²) >= 11 is 5.23. The van der Waals surface area contributed by atoms with Gasteiger partial charge < -0.3 is 5.32 Å². The van der Waals surface area contributed by atoms with Crippen LogP contribution in [0.4, 0.5) is 0 Å². The summed E-state index contributed by atoms with van der Waals surface area (Å²) in [6.45, 7) is 2.28. The number of hydrogen-bond acceptors (Lipinski definition) is 2. The number of halogens is 1. The van der Waals surface area contributed by atoms with Crippen molar-refractivity contribution in [2.24, 2.45) is 5.92 Å². The molecule has 0 radical (unpaired) electrons. The molecule has 1 saturated carbocycles. The topological polar surface area (TPSA) is 29.1 Å². The summed E-state index contributed by atoms with van der Waals surface area (Å²) < 4.78 is 0. The number of carbonyl (C=O) groups is 1. The number of nitrogens with one attached hydrogen (secondary N) is 1. The lowest BCUT2D eigenvalue weighted by molar-refractivity contribution is -0.122. The smallest absolute Gasteiger partial charge is 0.224 e. The zero-order valence-electron chi connectivity index (χ0n) is 10.7. The Morgan fingerprint density at radius 1 is 1.67 bits per heavy atom. The molecule has 1 fully saturated rings. The van der Waals surface area contributed by atoms with E-state index in [1.54, 1.807) is 11.3 Å². The second-order valence-corrected chi connectivity index (χ2v) is 6.81. The zero-order valence-corrected chi connectivity index (χ0v) is 13.1. The van der Waals surface area contributed by atoms with Crippen LogP contribution in [0.2, 0.25) is 0 Å². The zero-order chi connectivity index (χ0) is 13.0. The molecule has 1 heterocycles. The Morgan fingerprint density at radius 3 is 3.11 bits per heavy atom. The predicted molar refractivity (Wildman–Crippen MR) is 80.3 cm³/mol. The van der Waals surface area contributed by atoms with Crippen LogP contribution in [0.3, 0.4) is 0 Å². The minimum absolute atomic E-state index is 0.0230. The molecule has 1 amide bonds. The quantitative estimate of drug-likeness (QED) is 0.837. The Hall–Kier alpha value is -0.350. The average molecular weight is 330 g/mol. The van der Waals surface area contributed by atoms with E-state index >= 15 is 0 Å². The monoisotopic (exact) mass is 329 g/mol. The van der Waals surface area contributed by atoms with Crippen molar-refractivity contribution in [3.05, 3.63) is 22.4 Å². The average Bonchev–Trinajstić information content (AvgIpc) is 2.81. The summed E-state index contributed by atoms with van der Waals surface area (Å²) in [5.41, 5.74) is 1.09. The van der Waals surface area contributed by atoms with E-state index in [0.29, 0.717) is 12.3 Å². The Morgan fingerprint density at radius 2 is 2.50 bits per heavy atom. The van der Waals surface area contributed by atoms with Gasteiger partial charge in [0.25, 0.3) is 0 Å². The minimum atomic E-state index is -0.0230. The first-order valence-electron chi connectivity index (χ1n) is 6.52. The Labute approximate surface area is 121 Å². The van der Waals surface area contributed by atoms with Crippen LogP contribution in [0.15, 0.2) is 16.8 Å². The van der Waals surface area contributed by atoms with Gasteiger partial charge in [-0.2, -0.15) is 11.3 Å². The van der Waals surface area contributed by atoms with Crippen LogP contribution in [0.25, 0.3) is 0 Å². The van der Waals surface area contributed by atoms with Gasteiger partial charge in [-0.1, -0.05) is 35.7 Å². The highest BCUT2D eigenvalue weighted by Gasteiger charge is 2.35. The van der Waals surface area contributed by atoms with Gasteiger partial charge in [0.05, 0.1) is 6.42 Å². The molecule has 2 unspecified atom stereocenters. The van der Waals surface area contributed by atoms with E-state index in [0.717, 1.165) is 23.7 Å². The van der Waals surface area contributed by atoms with Crippen molar-refractivity contribution in [1.82, 2.24) is 5.32 Å². The lowest BCUT2D eigenvalue weighted by atomic mass is 9.77. The van der Waals surface area contributed by atoms with Crippen LogP contribution in [0, 0.1) is 5.92 Å². The molecular weight excluding hydrogens is 310 g/mol. The fourth-order valence-electron chi connectivity index (χ4n) is 2.85. The first kappa shape index (κ1) is 14.1. The lowest BCUT2D eigenvalue weighted by Gasteiger charge is -2.39. The van der Waals surface area contributed by atoms with Gasteiger partial charge in [0.2, 0.25) is 5.91 Å². The van der Waals surface area contributed by atoms with Crippen molar-refractivity contribution in [3.63, 3.8) is 0 Å². The number of amides is 1. The highest BCUT2D eigenvalue weighted by Crippen LogP contribution is 2.33. The van der Waals surface area contributed by atoms with Gasteiger partial charge in [0, 0.05) is 10.9 Å². The van der Waals surface area contributed by atoms with E-state index < -0.39 is 0 Å². The summed E-state index contributed by atoms with van der Waals surface area (Å²) in [4.78, 5) is 12.1. The number of alkyl halides is 1. The first-order chi connectivity index (χ1) is 8.63. The first-order valence-corrected chi connectivity index (χ1v) is 8.58. The molecule has 1 aromatic heterocycles. The van der Waals surface area contributed by atoms with Gasteiger partial charge in [0.15, 0.2) is 0 Å². The second kappa shape index (κ2) is 6.20. The Bertz CT molecular complexity index is 393. The molecule has 100 valence electrons. The van der Waals surface area contributed by atoms with Crippen molar-refractivity contribution < 1.29 is 4.79 Å². The van der Waals surface area contributed by atoms with Crippen molar-refractivity contribution in [2.45, 2.75) is 44.6 Å². The fourth-order valence-corrected chi connectivity index (χ4v) is 4.17. The van der Waals surface area contributed by atoms with E-state index in [2.05, 4.69) is 28.2 Å². The van der Waals surface area contributed by atoms with Crippen molar-refractivity contribution in [2.75, 3.05) is 5.33 Å². The van der Waals surface area contributed by atoms with Crippen LogP contribution >= 0.6 is 27.3 Å². The van der Waals surface area contributed by atoms with Crippen LogP contribution < -0.4 is 5.32 Å². The molecule has 0 bridgehead atoms. The minimum Gasteiger partial charge on any atom is -0.350 e. The molecule has 1 aliphatic rings. The highest BCUT2D eigenvalue weighted by atomic mass is 79.9. The molecule has 2 nitrogen and oxygen atoms in total. The van der Waals surface area contributed by atoms with E-state index in [9.17, 15) is 4.79 Å². The molecule has 1 N–H and O–H groups in total. The predicted octanol–water partition coefficient (Wildman–Crippen LogP) is 3.75. The van der Waals surface area contributed by atoms with E-state index in [1.807, 2.05) is 16.8 Å². The number of thiophene rings is 1. The molecule has 0 saturated heterocycles. The van der Waals surface area contributed by atoms with Gasteiger partial charge in [-0.05, 0) is 41.1 Å². The van der Waals surface area contributed by atoms with Crippen LogP contribution in [0.1, 0.15) is 38.2 Å². The standard InChI is InChI=1S/C14H20BrNOS/c1-11-3-2-5-14(8-11,10-15)16-13(17)7-12-4-6-18-9-12/h4,6,9,11H,2-3,5,7-8,10H2,1H3,(H,16,17). The maximum absolute atomic E-state index is 12.1. The van der Waals surface area contributed by atoms with Crippen molar-refractivity contribution in [3.8, 4) is 0 Å². The number of rotatable bonds is 4. The highest BCUT2D eigenvalue weighted by molar-refractivity contribution is 9.09. The van der Waals surface area contributed by atoms with Gasteiger partial charge in [-0.25, -0.2) is 0 Å². The molecule has 2 rings (SSSR count). The van der Waals surface area contributed by atoms with E-state index in [1.165, 1.54) is 12.8 Å². The van der Waals surface area contributed by atoms with Gasteiger partial charge in [-0.15, -0.1) is 0 Å². The number of hydrogen-bond donors (Lipinski definition) is 1. The largest absolute Gasteiger partial charge is 0.350 e. The fraction of sp³-hybridized carbons (Fsp3) is 0.643. The molecule has 0 aromatic carbocycles. The molecule has 0 spiro atoms. The SMILES string of the molecule is CC1CCCC(CBr)(NC(=O)Cc2ccsc2)C1. The van der Waals surface area contributed by atoms with Crippen LogP contribution in [0.5, 0.6) is 0 Å². The molecule has 1 aromatic rings. The molecule has 18 heavy (non-hydrogen) atoms. The third kappa shape index (κ3) is 3.58. The summed E-state index contributed by atoms with van der Waals surface area (Å²) in [7, 11) is 0. The summed E-state index contributed by atoms with van der Waals surface area (Å²) in [6, 6.07) is 2.02. The van der Waals surface area contributed by atoms with E-state index in [-0.39, 0.29) is 11.4 Å². The van der Waals surface area contributed by atoms with Gasteiger partial charge >= 0.3 is 0 Å². The third-order valence-electron chi connectivity index (χ3n) is 3.70. The maximum Gasteiger partial charge on any atom is 0.224 e. The van der Waals surface area contributed by atoms with Crippen molar-refractivity contribution in [1.29, 1.82) is 0 Å². The molecule has 0 aliphatic heterocycles. The van der Waals surface area contributed by atoms with Gasteiger partial charge in [-0.3, -0.25) is 4.79 Å². The summed E-state index contributed by atoms with van der Waals surface area (Å²) in [5.74, 6) is 0.861. The third-order valence-corrected chi connectivity index (χ3v) is 5.50. The second-order valence-electron chi connectivity index (χ2n) is 5.47. The van der Waals surface area contributed by atoms with Gasteiger partial charge in [0.1, 0.15) is 0 Å². The molecule has 4 heteroatoms. The maximum atomic E-state index is 12.1. The molecular formula is C14H20BrNOS. The Kier molecular flexibility index (Phi) is 4.84. The number of carbonyl (C=O) groups excluding carboxylic acids is 1.